The topological polar surface area (TPSA) is 40.5 Å². The second-order valence-electron chi connectivity index (χ2n) is 8.76. The Morgan fingerprint density at radius 3 is 2.61 bits per heavy atom. The molecule has 2 rings (SSSR count). The Hall–Kier alpha value is -0.600. The fourth-order valence-electron chi connectivity index (χ4n) is 5.15. The molecule has 0 amide bonds. The van der Waals surface area contributed by atoms with Crippen molar-refractivity contribution in [3.8, 4) is 0 Å². The summed E-state index contributed by atoms with van der Waals surface area (Å²) >= 11 is 0. The highest BCUT2D eigenvalue weighted by atomic mass is 16.3. The lowest BCUT2D eigenvalue weighted by Crippen LogP contribution is -2.49. The zero-order valence-corrected chi connectivity index (χ0v) is 15.5. The Morgan fingerprint density at radius 1 is 1.17 bits per heavy atom. The summed E-state index contributed by atoms with van der Waals surface area (Å²) in [7, 11) is 0. The van der Waals surface area contributed by atoms with E-state index in [4.69, 9.17) is 0 Å². The van der Waals surface area contributed by atoms with Crippen LogP contribution in [-0.2, 0) is 0 Å². The van der Waals surface area contributed by atoms with E-state index in [-0.39, 0.29) is 6.10 Å². The molecule has 5 atom stereocenters. The van der Waals surface area contributed by atoms with E-state index in [1.54, 1.807) is 13.8 Å². The molecule has 0 radical (unpaired) electrons. The van der Waals surface area contributed by atoms with Crippen molar-refractivity contribution in [3.63, 3.8) is 0 Å². The van der Waals surface area contributed by atoms with Crippen molar-refractivity contribution in [2.45, 2.75) is 84.3 Å². The summed E-state index contributed by atoms with van der Waals surface area (Å²) in [4.78, 5) is 0. The lowest BCUT2D eigenvalue weighted by molar-refractivity contribution is -0.0913. The first-order valence-electron chi connectivity index (χ1n) is 9.49. The summed E-state index contributed by atoms with van der Waals surface area (Å²) in [6.45, 7) is 8.40. The second kappa shape index (κ2) is 7.53. The highest BCUT2D eigenvalue weighted by Crippen LogP contribution is 2.55. The largest absolute Gasteiger partial charge is 0.393 e. The van der Waals surface area contributed by atoms with Crippen LogP contribution in [0.3, 0.4) is 0 Å². The number of rotatable bonds is 5. The number of aliphatic hydroxyl groups is 2. The summed E-state index contributed by atoms with van der Waals surface area (Å²) < 4.78 is 0. The van der Waals surface area contributed by atoms with Gasteiger partial charge in [0.15, 0.2) is 0 Å². The predicted molar refractivity (Wildman–Crippen MR) is 97.2 cm³/mol. The van der Waals surface area contributed by atoms with Gasteiger partial charge < -0.3 is 10.2 Å². The highest BCUT2D eigenvalue weighted by Gasteiger charge is 2.49. The van der Waals surface area contributed by atoms with Crippen LogP contribution in [-0.4, -0.2) is 21.9 Å². The van der Waals surface area contributed by atoms with Gasteiger partial charge in [0.25, 0.3) is 0 Å². The van der Waals surface area contributed by atoms with Crippen LogP contribution >= 0.6 is 0 Å². The quantitative estimate of drug-likeness (QED) is 0.710. The van der Waals surface area contributed by atoms with Gasteiger partial charge in [0.2, 0.25) is 0 Å². The van der Waals surface area contributed by atoms with Gasteiger partial charge in [-0.05, 0) is 69.1 Å². The van der Waals surface area contributed by atoms with Crippen molar-refractivity contribution in [1.29, 1.82) is 0 Å². The Morgan fingerprint density at radius 2 is 1.91 bits per heavy atom. The normalized spacial score (nSPS) is 37.2. The lowest BCUT2D eigenvalue weighted by Gasteiger charge is -2.54. The summed E-state index contributed by atoms with van der Waals surface area (Å²) in [6.07, 6.45) is 16.3. The summed E-state index contributed by atoms with van der Waals surface area (Å²) in [5.74, 6) is 1.88. The molecular formula is C21H36O2. The molecule has 0 unspecified atom stereocenters. The minimum Gasteiger partial charge on any atom is -0.393 e. The number of fused-ring (bicyclic) bond motifs is 1. The number of hydrogen-bond acceptors (Lipinski definition) is 2. The predicted octanol–water partition coefficient (Wildman–Crippen LogP) is 4.86. The Balaban J connectivity index is 1.96. The molecule has 0 aromatic carbocycles. The van der Waals surface area contributed by atoms with Gasteiger partial charge in [-0.2, -0.15) is 0 Å². The van der Waals surface area contributed by atoms with Gasteiger partial charge in [0, 0.05) is 0 Å². The van der Waals surface area contributed by atoms with Crippen molar-refractivity contribution in [3.05, 3.63) is 24.3 Å². The zero-order chi connectivity index (χ0) is 17.1. The molecule has 0 aromatic heterocycles. The Kier molecular flexibility index (Phi) is 6.13. The average Bonchev–Trinajstić information content (AvgIpc) is 2.44. The third-order valence-electron chi connectivity index (χ3n) is 6.35. The lowest BCUT2D eigenvalue weighted by atomic mass is 9.52. The molecule has 2 aliphatic carbocycles. The number of hydrogen-bond donors (Lipinski definition) is 2. The maximum Gasteiger partial charge on any atom is 0.0774 e. The van der Waals surface area contributed by atoms with E-state index in [9.17, 15) is 10.2 Å². The summed E-state index contributed by atoms with van der Waals surface area (Å²) in [5.41, 5.74) is -0.412. The SMILES string of the molecule is C[C@H](C/C=C/C=C/C(C)(C)O)[C@H]1CCC[C@H]2[C@@H](O)CCC[C@]12C. The minimum absolute atomic E-state index is 0.0750. The molecule has 2 heteroatoms. The van der Waals surface area contributed by atoms with Crippen molar-refractivity contribution >= 4 is 0 Å². The summed E-state index contributed by atoms with van der Waals surface area (Å²) in [5, 5.41) is 20.1. The average molecular weight is 321 g/mol. The van der Waals surface area contributed by atoms with Crippen LogP contribution in [0.1, 0.15) is 72.6 Å². The smallest absolute Gasteiger partial charge is 0.0774 e. The van der Waals surface area contributed by atoms with E-state index in [1.165, 1.54) is 32.1 Å². The first-order valence-corrected chi connectivity index (χ1v) is 9.49. The van der Waals surface area contributed by atoms with Crippen molar-refractivity contribution in [2.75, 3.05) is 0 Å². The van der Waals surface area contributed by atoms with Gasteiger partial charge in [0.05, 0.1) is 11.7 Å². The van der Waals surface area contributed by atoms with E-state index < -0.39 is 5.60 Å². The molecule has 2 saturated carbocycles. The van der Waals surface area contributed by atoms with Crippen molar-refractivity contribution in [2.24, 2.45) is 23.2 Å². The zero-order valence-electron chi connectivity index (χ0n) is 15.5. The van der Waals surface area contributed by atoms with Gasteiger partial charge in [-0.3, -0.25) is 0 Å². The number of allylic oxidation sites excluding steroid dienone is 3. The fraction of sp³-hybridized carbons (Fsp3) is 0.810. The third kappa shape index (κ3) is 4.70. The van der Waals surface area contributed by atoms with Gasteiger partial charge in [-0.15, -0.1) is 0 Å². The molecule has 0 aromatic rings. The number of aliphatic hydroxyl groups excluding tert-OH is 1. The maximum absolute atomic E-state index is 10.4. The first-order chi connectivity index (χ1) is 10.7. The van der Waals surface area contributed by atoms with Crippen molar-refractivity contribution in [1.82, 2.24) is 0 Å². The van der Waals surface area contributed by atoms with E-state index >= 15 is 0 Å². The van der Waals surface area contributed by atoms with Gasteiger partial charge in [-0.1, -0.05) is 51.0 Å². The van der Waals surface area contributed by atoms with Gasteiger partial charge in [-0.25, -0.2) is 0 Å². The molecule has 0 heterocycles. The van der Waals surface area contributed by atoms with Crippen molar-refractivity contribution < 1.29 is 10.2 Å². The van der Waals surface area contributed by atoms with Gasteiger partial charge in [0.1, 0.15) is 0 Å². The van der Waals surface area contributed by atoms with Crippen LogP contribution < -0.4 is 0 Å². The molecule has 2 aliphatic rings. The van der Waals surface area contributed by atoms with E-state index in [2.05, 4.69) is 26.0 Å². The van der Waals surface area contributed by atoms with E-state index in [0.29, 0.717) is 17.3 Å². The summed E-state index contributed by atoms with van der Waals surface area (Å²) in [6, 6.07) is 0. The van der Waals surface area contributed by atoms with Crippen LogP contribution in [0.15, 0.2) is 24.3 Å². The van der Waals surface area contributed by atoms with E-state index in [0.717, 1.165) is 18.8 Å². The molecule has 2 fully saturated rings. The second-order valence-corrected chi connectivity index (χ2v) is 8.76. The molecule has 23 heavy (non-hydrogen) atoms. The molecule has 0 aliphatic heterocycles. The Labute approximate surface area is 142 Å². The van der Waals surface area contributed by atoms with Crippen LogP contribution in [0.5, 0.6) is 0 Å². The minimum atomic E-state index is -0.738. The van der Waals surface area contributed by atoms with Crippen LogP contribution in [0.25, 0.3) is 0 Å². The molecule has 132 valence electrons. The van der Waals surface area contributed by atoms with Crippen LogP contribution in [0.2, 0.25) is 0 Å². The molecule has 0 spiro atoms. The third-order valence-corrected chi connectivity index (χ3v) is 6.35. The van der Waals surface area contributed by atoms with Crippen LogP contribution in [0.4, 0.5) is 0 Å². The van der Waals surface area contributed by atoms with Crippen LogP contribution in [0, 0.1) is 23.2 Å². The molecule has 0 saturated heterocycles. The Bertz CT molecular complexity index is 432. The standard InChI is InChI=1S/C21H36O2/c1-16(10-6-5-7-14-20(2,3)23)17-11-8-12-18-19(22)13-9-15-21(17,18)4/h5-7,14,16-19,22-23H,8-13,15H2,1-4H3/b6-5+,14-7+/t16-,17-,18+,19+,21-/m1/s1. The van der Waals surface area contributed by atoms with E-state index in [1.807, 2.05) is 12.2 Å². The molecular weight excluding hydrogens is 284 g/mol. The monoisotopic (exact) mass is 320 g/mol. The first kappa shape index (κ1) is 18.7. The fourth-order valence-corrected chi connectivity index (χ4v) is 5.15. The molecule has 2 nitrogen and oxygen atoms in total. The maximum atomic E-state index is 10.4. The highest BCUT2D eigenvalue weighted by molar-refractivity contribution is 5.08. The molecule has 2 N–H and O–H groups in total. The molecule has 0 bridgehead atoms. The van der Waals surface area contributed by atoms with Gasteiger partial charge >= 0.3 is 0 Å².